The molecule has 0 bridgehead atoms. The van der Waals surface area contributed by atoms with Crippen molar-refractivity contribution in [1.29, 1.82) is 0 Å². The molecule has 3 heterocycles. The second-order valence-corrected chi connectivity index (χ2v) is 7.89. The molecule has 1 unspecified atom stereocenters. The van der Waals surface area contributed by atoms with E-state index in [1.807, 2.05) is 6.92 Å². The maximum Gasteiger partial charge on any atom is 0.276 e. The predicted octanol–water partition coefficient (Wildman–Crippen LogP) is 4.24. The van der Waals surface area contributed by atoms with Gasteiger partial charge in [0.1, 0.15) is 11.9 Å². The molecule has 0 fully saturated rings. The first-order valence-electron chi connectivity index (χ1n) is 9.84. The molecule has 0 aliphatic carbocycles. The number of H-pyrrole nitrogens is 1. The summed E-state index contributed by atoms with van der Waals surface area (Å²) in [5.41, 5.74) is 2.08. The minimum atomic E-state index is -0.440. The number of hydrogen-bond donors (Lipinski definition) is 3. The van der Waals surface area contributed by atoms with Gasteiger partial charge in [-0.1, -0.05) is 23.2 Å². The number of rotatable bonds is 8. The number of ether oxygens (including phenoxy) is 1. The zero-order valence-corrected chi connectivity index (χ0v) is 18.6. The van der Waals surface area contributed by atoms with Gasteiger partial charge in [-0.15, -0.1) is 0 Å². The van der Waals surface area contributed by atoms with Gasteiger partial charge >= 0.3 is 0 Å². The average molecular weight is 475 g/mol. The molecule has 0 saturated carbocycles. The molecule has 4 aromatic rings. The number of nitrogens with one attached hydrogen (secondary N) is 2. The van der Waals surface area contributed by atoms with E-state index in [9.17, 15) is 4.79 Å². The Morgan fingerprint density at radius 3 is 2.81 bits per heavy atom. The van der Waals surface area contributed by atoms with Crippen LogP contribution in [0.4, 0.5) is 5.69 Å². The second-order valence-electron chi connectivity index (χ2n) is 7.08. The number of aliphatic hydroxyl groups excluding tert-OH is 1. The highest BCUT2D eigenvalue weighted by atomic mass is 35.5. The van der Waals surface area contributed by atoms with E-state index in [-0.39, 0.29) is 18.2 Å². The number of aliphatic hydroxyl groups is 1. The summed E-state index contributed by atoms with van der Waals surface area (Å²) >= 11 is 12.5. The van der Waals surface area contributed by atoms with Crippen molar-refractivity contribution in [3.8, 4) is 5.75 Å². The number of aryl methyl sites for hydroxylation is 1. The van der Waals surface area contributed by atoms with Gasteiger partial charge in [0.25, 0.3) is 5.91 Å². The predicted molar refractivity (Wildman–Crippen MR) is 121 cm³/mol. The fourth-order valence-corrected chi connectivity index (χ4v) is 3.96. The Morgan fingerprint density at radius 2 is 2.06 bits per heavy atom. The van der Waals surface area contributed by atoms with Crippen molar-refractivity contribution < 1.29 is 14.6 Å². The maximum atomic E-state index is 12.8. The Hall–Kier alpha value is -3.14. The first-order chi connectivity index (χ1) is 15.5. The Kier molecular flexibility index (Phi) is 6.59. The number of carbonyl (C=O) groups excluding carboxylic acids is 1. The maximum absolute atomic E-state index is 12.8. The summed E-state index contributed by atoms with van der Waals surface area (Å²) in [5.74, 6) is 0.143. The molecule has 0 aliphatic heterocycles. The minimum Gasteiger partial charge on any atom is -0.486 e. The number of benzene rings is 1. The molecule has 1 atom stereocenters. The number of amides is 1. The normalized spacial score (nSPS) is 12.1. The third kappa shape index (κ3) is 4.69. The summed E-state index contributed by atoms with van der Waals surface area (Å²) in [6, 6.07) is 5.29. The van der Waals surface area contributed by atoms with E-state index in [1.54, 1.807) is 35.3 Å². The van der Waals surface area contributed by atoms with Crippen molar-refractivity contribution in [2.45, 2.75) is 26.0 Å². The summed E-state index contributed by atoms with van der Waals surface area (Å²) in [7, 11) is 0. The summed E-state index contributed by atoms with van der Waals surface area (Å²) in [4.78, 5) is 16.8. The molecule has 3 N–H and O–H groups in total. The average Bonchev–Trinajstić information content (AvgIpc) is 3.38. The Labute approximate surface area is 193 Å². The van der Waals surface area contributed by atoms with Crippen LogP contribution in [0.2, 0.25) is 10.0 Å². The van der Waals surface area contributed by atoms with Crippen LogP contribution in [0.3, 0.4) is 0 Å². The number of halogens is 2. The Balaban J connectivity index is 1.53. The SMILES string of the molecule is CC(Oc1ccc2[nH]nc(C(=O)Nc3cnn(CCCO)c3)c2c1)c1c(Cl)cncc1Cl. The molecule has 4 rings (SSSR count). The molecule has 1 amide bonds. The molecule has 32 heavy (non-hydrogen) atoms. The number of hydrogen-bond acceptors (Lipinski definition) is 6. The van der Waals surface area contributed by atoms with Crippen LogP contribution in [0.5, 0.6) is 5.75 Å². The molecule has 0 radical (unpaired) electrons. The summed E-state index contributed by atoms with van der Waals surface area (Å²) < 4.78 is 7.68. The third-order valence-electron chi connectivity index (χ3n) is 4.80. The summed E-state index contributed by atoms with van der Waals surface area (Å²) in [5, 5.41) is 24.3. The fraction of sp³-hybridized carbons (Fsp3) is 0.238. The standard InChI is InChI=1S/C21H20Cl2N6O3/c1-12(19-16(22)9-24-10-17(19)23)32-14-3-4-18-15(7-14)20(28-27-18)21(31)26-13-8-25-29(11-13)5-2-6-30/h3-4,7-12,30H,2,5-6H2,1H3,(H,26,31)(H,27,28). The van der Waals surface area contributed by atoms with Crippen molar-refractivity contribution in [3.63, 3.8) is 0 Å². The van der Waals surface area contributed by atoms with Crippen molar-refractivity contribution in [2.75, 3.05) is 11.9 Å². The van der Waals surface area contributed by atoms with Gasteiger partial charge in [0.15, 0.2) is 5.69 Å². The number of pyridine rings is 1. The van der Waals surface area contributed by atoms with Crippen LogP contribution < -0.4 is 10.1 Å². The lowest BCUT2D eigenvalue weighted by atomic mass is 10.1. The molecule has 0 aliphatic rings. The first kappa shape index (κ1) is 22.1. The van der Waals surface area contributed by atoms with Crippen molar-refractivity contribution in [1.82, 2.24) is 25.0 Å². The first-order valence-corrected chi connectivity index (χ1v) is 10.6. The number of carbonyl (C=O) groups is 1. The van der Waals surface area contributed by atoms with Gasteiger partial charge in [-0.25, -0.2) is 0 Å². The molecule has 3 aromatic heterocycles. The van der Waals surface area contributed by atoms with Crippen molar-refractivity contribution in [3.05, 3.63) is 64.3 Å². The lowest BCUT2D eigenvalue weighted by molar-refractivity contribution is 0.102. The summed E-state index contributed by atoms with van der Waals surface area (Å²) in [6.07, 6.45) is 6.40. The van der Waals surface area contributed by atoms with Gasteiger partial charge in [-0.05, 0) is 31.5 Å². The lowest BCUT2D eigenvalue weighted by Gasteiger charge is -2.17. The summed E-state index contributed by atoms with van der Waals surface area (Å²) in [6.45, 7) is 2.46. The smallest absolute Gasteiger partial charge is 0.276 e. The largest absolute Gasteiger partial charge is 0.486 e. The van der Waals surface area contributed by atoms with Gasteiger partial charge in [0.05, 0.1) is 27.4 Å². The van der Waals surface area contributed by atoms with E-state index in [0.29, 0.717) is 50.9 Å². The highest BCUT2D eigenvalue weighted by molar-refractivity contribution is 6.35. The van der Waals surface area contributed by atoms with Crippen molar-refractivity contribution in [2.24, 2.45) is 0 Å². The van der Waals surface area contributed by atoms with Crippen LogP contribution in [-0.2, 0) is 6.54 Å². The minimum absolute atomic E-state index is 0.0728. The van der Waals surface area contributed by atoms with Gasteiger partial charge in [-0.3, -0.25) is 19.6 Å². The number of aromatic amines is 1. The van der Waals surface area contributed by atoms with E-state index in [4.69, 9.17) is 33.0 Å². The topological polar surface area (TPSA) is 118 Å². The molecule has 0 saturated heterocycles. The molecule has 1 aromatic carbocycles. The van der Waals surface area contributed by atoms with Gasteiger partial charge in [0.2, 0.25) is 0 Å². The second kappa shape index (κ2) is 9.56. The number of nitrogens with zero attached hydrogens (tertiary/aromatic N) is 4. The highest BCUT2D eigenvalue weighted by Crippen LogP contribution is 2.33. The van der Waals surface area contributed by atoms with Crippen LogP contribution in [-0.4, -0.2) is 42.6 Å². The van der Waals surface area contributed by atoms with Crippen LogP contribution >= 0.6 is 23.2 Å². The van der Waals surface area contributed by atoms with Crippen LogP contribution in [0.1, 0.15) is 35.5 Å². The zero-order valence-electron chi connectivity index (χ0n) is 17.0. The molecule has 166 valence electrons. The zero-order chi connectivity index (χ0) is 22.7. The van der Waals surface area contributed by atoms with E-state index < -0.39 is 6.10 Å². The monoisotopic (exact) mass is 474 g/mol. The van der Waals surface area contributed by atoms with Gasteiger partial charge in [-0.2, -0.15) is 10.2 Å². The van der Waals surface area contributed by atoms with E-state index in [0.717, 1.165) is 0 Å². The highest BCUT2D eigenvalue weighted by Gasteiger charge is 2.19. The van der Waals surface area contributed by atoms with E-state index >= 15 is 0 Å². The molecule has 0 spiro atoms. The van der Waals surface area contributed by atoms with Crippen LogP contribution in [0.15, 0.2) is 43.0 Å². The number of aromatic nitrogens is 5. The van der Waals surface area contributed by atoms with Gasteiger partial charge in [0, 0.05) is 42.7 Å². The molecular weight excluding hydrogens is 455 g/mol. The fourth-order valence-electron chi connectivity index (χ4n) is 3.29. The quantitative estimate of drug-likeness (QED) is 0.351. The Bertz CT molecular complexity index is 1240. The third-order valence-corrected chi connectivity index (χ3v) is 5.40. The van der Waals surface area contributed by atoms with Crippen LogP contribution in [0.25, 0.3) is 10.9 Å². The van der Waals surface area contributed by atoms with Gasteiger partial charge < -0.3 is 15.2 Å². The molecule has 9 nitrogen and oxygen atoms in total. The molecular formula is C21H20Cl2N6O3. The van der Waals surface area contributed by atoms with Crippen LogP contribution in [0, 0.1) is 0 Å². The number of anilines is 1. The molecule has 11 heteroatoms. The number of fused-ring (bicyclic) bond motifs is 1. The Morgan fingerprint density at radius 1 is 1.28 bits per heavy atom. The van der Waals surface area contributed by atoms with Crippen molar-refractivity contribution >= 4 is 45.7 Å². The van der Waals surface area contributed by atoms with E-state index in [1.165, 1.54) is 12.4 Å². The lowest BCUT2D eigenvalue weighted by Crippen LogP contribution is -2.12. The van der Waals surface area contributed by atoms with E-state index in [2.05, 4.69) is 25.6 Å².